The van der Waals surface area contributed by atoms with E-state index in [2.05, 4.69) is 5.32 Å². The second kappa shape index (κ2) is 6.69. The van der Waals surface area contributed by atoms with Gasteiger partial charge >= 0.3 is 6.03 Å². The van der Waals surface area contributed by atoms with Crippen LogP contribution in [0.25, 0.3) is 0 Å². The number of urea groups is 1. The van der Waals surface area contributed by atoms with Crippen LogP contribution in [-0.2, 0) is 0 Å². The number of rotatable bonds is 3. The topological polar surface area (TPSA) is 41.6 Å². The van der Waals surface area contributed by atoms with Gasteiger partial charge in [0.25, 0.3) is 0 Å². The van der Waals surface area contributed by atoms with E-state index in [1.165, 1.54) is 12.1 Å². The molecule has 0 aliphatic carbocycles. The van der Waals surface area contributed by atoms with Gasteiger partial charge in [0.1, 0.15) is 11.6 Å². The molecule has 1 N–H and O–H groups in total. The first-order valence-electron chi connectivity index (χ1n) is 7.64. The van der Waals surface area contributed by atoms with Gasteiger partial charge in [0.2, 0.25) is 0 Å². The average Bonchev–Trinajstić information content (AvgIpc) is 3.06. The third kappa shape index (κ3) is 3.44. The zero-order chi connectivity index (χ0) is 16.2. The Labute approximate surface area is 134 Å². The first-order chi connectivity index (χ1) is 11.2. The van der Waals surface area contributed by atoms with Crippen LogP contribution in [0.2, 0.25) is 0 Å². The number of nitrogens with one attached hydrogen (secondary N) is 1. The Kier molecular flexibility index (Phi) is 4.46. The van der Waals surface area contributed by atoms with Gasteiger partial charge in [-0.25, -0.2) is 9.18 Å². The number of amides is 2. The van der Waals surface area contributed by atoms with Crippen LogP contribution in [0.4, 0.5) is 14.9 Å². The molecule has 3 rings (SSSR count). The molecule has 4 nitrogen and oxygen atoms in total. The first kappa shape index (κ1) is 15.3. The van der Waals surface area contributed by atoms with Gasteiger partial charge in [0, 0.05) is 12.2 Å². The Bertz CT molecular complexity index is 670. The minimum absolute atomic E-state index is 0.00570. The van der Waals surface area contributed by atoms with Crippen molar-refractivity contribution in [3.63, 3.8) is 0 Å². The van der Waals surface area contributed by atoms with E-state index < -0.39 is 0 Å². The molecular weight excluding hydrogens is 295 g/mol. The molecule has 0 spiro atoms. The van der Waals surface area contributed by atoms with Crippen LogP contribution in [0.1, 0.15) is 24.4 Å². The van der Waals surface area contributed by atoms with E-state index in [0.717, 1.165) is 29.8 Å². The number of anilines is 1. The number of carbonyl (C=O) groups is 1. The molecule has 23 heavy (non-hydrogen) atoms. The quantitative estimate of drug-likeness (QED) is 0.922. The van der Waals surface area contributed by atoms with Crippen molar-refractivity contribution in [1.29, 1.82) is 0 Å². The minimum atomic E-state index is -0.263. The molecule has 5 heteroatoms. The summed E-state index contributed by atoms with van der Waals surface area (Å²) in [6, 6.07) is 13.4. The Morgan fingerprint density at radius 1 is 1.17 bits per heavy atom. The number of methoxy groups -OCH3 is 1. The van der Waals surface area contributed by atoms with Gasteiger partial charge in [-0.15, -0.1) is 0 Å². The molecule has 2 aromatic carbocycles. The highest BCUT2D eigenvalue weighted by Crippen LogP contribution is 2.32. The molecule has 120 valence electrons. The van der Waals surface area contributed by atoms with E-state index in [1.54, 1.807) is 48.4 Å². The van der Waals surface area contributed by atoms with Crippen molar-refractivity contribution in [3.8, 4) is 5.75 Å². The van der Waals surface area contributed by atoms with Gasteiger partial charge in [-0.05, 0) is 54.8 Å². The summed E-state index contributed by atoms with van der Waals surface area (Å²) in [5, 5.41) is 2.90. The van der Waals surface area contributed by atoms with Gasteiger partial charge < -0.3 is 15.0 Å². The maximum Gasteiger partial charge on any atom is 0.322 e. The van der Waals surface area contributed by atoms with E-state index in [4.69, 9.17) is 4.74 Å². The fourth-order valence-electron chi connectivity index (χ4n) is 2.91. The van der Waals surface area contributed by atoms with Crippen molar-refractivity contribution in [1.82, 2.24) is 4.90 Å². The summed E-state index contributed by atoms with van der Waals surface area (Å²) in [6.45, 7) is 0.698. The van der Waals surface area contributed by atoms with Crippen molar-refractivity contribution in [2.75, 3.05) is 19.0 Å². The lowest BCUT2D eigenvalue weighted by Crippen LogP contribution is -2.34. The van der Waals surface area contributed by atoms with Gasteiger partial charge in [-0.1, -0.05) is 12.1 Å². The molecule has 1 unspecified atom stereocenters. The summed E-state index contributed by atoms with van der Waals surface area (Å²) in [6.07, 6.45) is 1.83. The van der Waals surface area contributed by atoms with Gasteiger partial charge in [-0.2, -0.15) is 0 Å². The van der Waals surface area contributed by atoms with E-state index in [-0.39, 0.29) is 17.9 Å². The van der Waals surface area contributed by atoms with Crippen LogP contribution < -0.4 is 10.1 Å². The normalized spacial score (nSPS) is 17.1. The van der Waals surface area contributed by atoms with Crippen LogP contribution >= 0.6 is 0 Å². The van der Waals surface area contributed by atoms with Crippen molar-refractivity contribution in [2.45, 2.75) is 18.9 Å². The van der Waals surface area contributed by atoms with Gasteiger partial charge in [0.05, 0.1) is 13.2 Å². The molecule has 1 saturated heterocycles. The maximum atomic E-state index is 13.1. The molecule has 0 bridgehead atoms. The summed E-state index contributed by atoms with van der Waals surface area (Å²) in [7, 11) is 1.60. The van der Waals surface area contributed by atoms with Gasteiger partial charge in [-0.3, -0.25) is 0 Å². The molecule has 2 aromatic rings. The SMILES string of the molecule is COc1ccc(NC(=O)N2CCCC2c2ccc(F)cc2)cc1. The fraction of sp³-hybridized carbons (Fsp3) is 0.278. The predicted molar refractivity (Wildman–Crippen MR) is 87.1 cm³/mol. The van der Waals surface area contributed by atoms with Crippen molar-refractivity contribution < 1.29 is 13.9 Å². The molecule has 2 amide bonds. The largest absolute Gasteiger partial charge is 0.497 e. The predicted octanol–water partition coefficient (Wildman–Crippen LogP) is 4.20. The summed E-state index contributed by atoms with van der Waals surface area (Å²) in [5.41, 5.74) is 1.69. The van der Waals surface area contributed by atoms with E-state index in [9.17, 15) is 9.18 Å². The number of hydrogen-bond acceptors (Lipinski definition) is 2. The van der Waals surface area contributed by atoms with Crippen LogP contribution in [0, 0.1) is 5.82 Å². The molecule has 1 aliphatic heterocycles. The highest BCUT2D eigenvalue weighted by Gasteiger charge is 2.29. The maximum absolute atomic E-state index is 13.1. The molecule has 1 fully saturated rings. The minimum Gasteiger partial charge on any atom is -0.497 e. The highest BCUT2D eigenvalue weighted by atomic mass is 19.1. The van der Waals surface area contributed by atoms with Crippen molar-refractivity contribution in [3.05, 3.63) is 59.9 Å². The number of ether oxygens (including phenoxy) is 1. The van der Waals surface area contributed by atoms with Crippen LogP contribution in [-0.4, -0.2) is 24.6 Å². The zero-order valence-electron chi connectivity index (χ0n) is 13.0. The fourth-order valence-corrected chi connectivity index (χ4v) is 2.91. The third-order valence-electron chi connectivity index (χ3n) is 4.11. The monoisotopic (exact) mass is 314 g/mol. The standard InChI is InChI=1S/C18H19FN2O2/c1-23-16-10-8-15(9-11-16)20-18(22)21-12-2-3-17(21)13-4-6-14(19)7-5-13/h4-11,17H,2-3,12H2,1H3,(H,20,22). The lowest BCUT2D eigenvalue weighted by Gasteiger charge is -2.25. The zero-order valence-corrected chi connectivity index (χ0v) is 13.0. The van der Waals surface area contributed by atoms with E-state index in [1.807, 2.05) is 0 Å². The molecule has 1 aliphatic rings. The highest BCUT2D eigenvalue weighted by molar-refractivity contribution is 5.89. The molecule has 0 radical (unpaired) electrons. The van der Waals surface area contributed by atoms with E-state index in [0.29, 0.717) is 6.54 Å². The smallest absolute Gasteiger partial charge is 0.322 e. The Hall–Kier alpha value is -2.56. The number of benzene rings is 2. The number of hydrogen-bond donors (Lipinski definition) is 1. The van der Waals surface area contributed by atoms with E-state index >= 15 is 0 Å². The van der Waals surface area contributed by atoms with Crippen LogP contribution in [0.3, 0.4) is 0 Å². The van der Waals surface area contributed by atoms with Gasteiger partial charge in [0.15, 0.2) is 0 Å². The molecule has 0 saturated carbocycles. The first-order valence-corrected chi connectivity index (χ1v) is 7.64. The second-order valence-electron chi connectivity index (χ2n) is 5.56. The average molecular weight is 314 g/mol. The number of carbonyl (C=O) groups excluding carboxylic acids is 1. The third-order valence-corrected chi connectivity index (χ3v) is 4.11. The molecule has 1 atom stereocenters. The van der Waals surface area contributed by atoms with Crippen molar-refractivity contribution >= 4 is 11.7 Å². The van der Waals surface area contributed by atoms with Crippen LogP contribution in [0.15, 0.2) is 48.5 Å². The molecule has 0 aromatic heterocycles. The second-order valence-corrected chi connectivity index (χ2v) is 5.56. The molecular formula is C18H19FN2O2. The summed E-state index contributed by atoms with van der Waals surface area (Å²) < 4.78 is 18.2. The Morgan fingerprint density at radius 2 is 1.87 bits per heavy atom. The lowest BCUT2D eigenvalue weighted by atomic mass is 10.0. The van der Waals surface area contributed by atoms with Crippen LogP contribution in [0.5, 0.6) is 5.75 Å². The van der Waals surface area contributed by atoms with Crippen molar-refractivity contribution in [2.24, 2.45) is 0 Å². The number of likely N-dealkylation sites (tertiary alicyclic amines) is 1. The summed E-state index contributed by atoms with van der Waals surface area (Å²) >= 11 is 0. The summed E-state index contributed by atoms with van der Waals surface area (Å²) in [4.78, 5) is 14.3. The number of nitrogens with zero attached hydrogens (tertiary/aromatic N) is 1. The Morgan fingerprint density at radius 3 is 2.52 bits per heavy atom. The number of halogens is 1. The Balaban J connectivity index is 1.71. The molecule has 1 heterocycles. The lowest BCUT2D eigenvalue weighted by molar-refractivity contribution is 0.207. The summed E-state index contributed by atoms with van der Waals surface area (Å²) in [5.74, 6) is 0.481.